The minimum atomic E-state index is -0.850. The van der Waals surface area contributed by atoms with Crippen LogP contribution in [0.15, 0.2) is 18.2 Å². The van der Waals surface area contributed by atoms with E-state index in [1.807, 2.05) is 0 Å². The fourth-order valence-electron chi connectivity index (χ4n) is 0.561. The summed E-state index contributed by atoms with van der Waals surface area (Å²) < 4.78 is 16.0. The Kier molecular flexibility index (Phi) is 10.1. The molecule has 1 nitrogen and oxygen atoms in total. The summed E-state index contributed by atoms with van der Waals surface area (Å²) in [4.78, 5) is 0. The molecule has 0 fully saturated rings. The first-order valence-corrected chi connectivity index (χ1v) is 3.07. The van der Waals surface area contributed by atoms with Crippen molar-refractivity contribution in [2.24, 2.45) is 0 Å². The van der Waals surface area contributed by atoms with Crippen molar-refractivity contribution in [3.63, 3.8) is 0 Å². The van der Waals surface area contributed by atoms with Gasteiger partial charge in [-0.3, -0.25) is 0 Å². The molecule has 0 radical (unpaired) electrons. The molecule has 62 valence electrons. The van der Waals surface area contributed by atoms with E-state index < -0.39 is 6.86 Å². The fraction of sp³-hybridized carbons (Fsp3) is 0.143. The van der Waals surface area contributed by atoms with Crippen LogP contribution in [-0.2, 0) is 0 Å². The van der Waals surface area contributed by atoms with Gasteiger partial charge in [0.15, 0.2) is 0 Å². The van der Waals surface area contributed by atoms with Gasteiger partial charge in [0.2, 0.25) is 6.86 Å². The number of rotatable bonds is 2. The number of hydrogen-bond donors (Lipinski definition) is 0. The predicted octanol–water partition coefficient (Wildman–Crippen LogP) is -0.931. The molecule has 1 aromatic rings. The molecule has 1 aromatic carbocycles. The number of halogens is 3. The van der Waals surface area contributed by atoms with Crippen LogP contribution < -0.4 is 21.7 Å². The van der Waals surface area contributed by atoms with Crippen molar-refractivity contribution in [3.05, 3.63) is 29.3 Å². The van der Waals surface area contributed by atoms with E-state index in [4.69, 9.17) is 11.6 Å². The maximum atomic E-state index is 11.5. The quantitative estimate of drug-likeness (QED) is 0.495. The Morgan fingerprint density at radius 3 is 2.75 bits per heavy atom. The van der Waals surface area contributed by atoms with Crippen molar-refractivity contribution in [1.82, 2.24) is 0 Å². The Morgan fingerprint density at radius 1 is 1.58 bits per heavy atom. The van der Waals surface area contributed by atoms with Crippen LogP contribution in [0.2, 0.25) is 5.02 Å². The normalized spacial score (nSPS) is 7.83. The van der Waals surface area contributed by atoms with Gasteiger partial charge in [0, 0.05) is 5.75 Å². The Labute approximate surface area is 102 Å². The third-order valence-corrected chi connectivity index (χ3v) is 1.18. The molecule has 0 spiro atoms. The second-order valence-electron chi connectivity index (χ2n) is 1.62. The van der Waals surface area contributed by atoms with Crippen LogP contribution in [0.3, 0.4) is 0 Å². The molecule has 0 aromatic heterocycles. The van der Waals surface area contributed by atoms with E-state index in [0.29, 0.717) is 10.8 Å². The topological polar surface area (TPSA) is 9.23 Å². The molecule has 5 heteroatoms. The zero-order valence-electron chi connectivity index (χ0n) is 6.19. The summed E-state index contributed by atoms with van der Waals surface area (Å²) in [7, 11) is 0. The van der Waals surface area contributed by atoms with E-state index in [1.165, 1.54) is 6.07 Å². The molecule has 0 unspecified atom stereocenters. The molecule has 1 rings (SSSR count). The molecule has 0 heterocycles. The average molecular weight is 264 g/mol. The maximum absolute atomic E-state index is 11.5. The van der Waals surface area contributed by atoms with Gasteiger partial charge in [0.25, 0.3) is 0 Å². The second kappa shape index (κ2) is 8.10. The van der Waals surface area contributed by atoms with Crippen molar-refractivity contribution >= 4 is 34.7 Å². The van der Waals surface area contributed by atoms with Crippen LogP contribution in [0.5, 0.6) is 5.75 Å². The summed E-state index contributed by atoms with van der Waals surface area (Å²) in [5.41, 5.74) is 0. The Balaban J connectivity index is 0. The Hall–Kier alpha value is 0.486. The zero-order chi connectivity index (χ0) is 7.40. The van der Waals surface area contributed by atoms with Gasteiger partial charge in [-0.1, -0.05) is 5.02 Å². The van der Waals surface area contributed by atoms with Crippen molar-refractivity contribution in [1.29, 1.82) is 0 Å². The third kappa shape index (κ3) is 5.19. The van der Waals surface area contributed by atoms with Gasteiger partial charge < -0.3 is 21.7 Å². The first-order chi connectivity index (χ1) is 4.83. The molecular formula is C7H5BrClFMgO. The van der Waals surface area contributed by atoms with E-state index in [0.717, 1.165) is 0 Å². The third-order valence-electron chi connectivity index (χ3n) is 0.947. The van der Waals surface area contributed by atoms with Gasteiger partial charge in [-0.05, 0) is 0 Å². The monoisotopic (exact) mass is 262 g/mol. The summed E-state index contributed by atoms with van der Waals surface area (Å²) in [5, 5.41) is 0.516. The number of benzene rings is 1. The summed E-state index contributed by atoms with van der Waals surface area (Å²) in [6, 6.07) is 7.39. The van der Waals surface area contributed by atoms with Gasteiger partial charge in [-0.25, -0.2) is 4.39 Å². The maximum Gasteiger partial charge on any atom is 2.00 e. The van der Waals surface area contributed by atoms with Crippen LogP contribution in [0.1, 0.15) is 0 Å². The summed E-state index contributed by atoms with van der Waals surface area (Å²) in [5.74, 6) is 0.329. The molecule has 0 saturated carbocycles. The molecule has 12 heavy (non-hydrogen) atoms. The van der Waals surface area contributed by atoms with Gasteiger partial charge in [-0.2, -0.15) is 12.1 Å². The van der Waals surface area contributed by atoms with Crippen molar-refractivity contribution < 1.29 is 26.1 Å². The van der Waals surface area contributed by atoms with E-state index >= 15 is 0 Å². The minimum Gasteiger partial charge on any atom is -1.00 e. The molecule has 0 aliphatic carbocycles. The molecule has 0 saturated heterocycles. The SMILES string of the molecule is FCOc1[c-]ccc(Cl)c1.[Br-].[Mg+2]. The number of ether oxygens (including phenoxy) is 1. The predicted molar refractivity (Wildman–Crippen MR) is 42.6 cm³/mol. The molecule has 0 N–H and O–H groups in total. The summed E-state index contributed by atoms with van der Waals surface area (Å²) in [6.45, 7) is -0.850. The van der Waals surface area contributed by atoms with Crippen molar-refractivity contribution in [3.8, 4) is 5.75 Å². The van der Waals surface area contributed by atoms with E-state index in [9.17, 15) is 4.39 Å². The standard InChI is InChI=1S/C7H5ClFO.BrH.Mg/c8-6-2-1-3-7(4-6)10-5-9;;/h1-2,4H,5H2;1H;/q-1;;+2/p-1. The fourth-order valence-corrected chi connectivity index (χ4v) is 0.723. The van der Waals surface area contributed by atoms with Crippen LogP contribution in [0, 0.1) is 6.07 Å². The van der Waals surface area contributed by atoms with Crippen LogP contribution in [-0.4, -0.2) is 29.9 Å². The molecule has 0 aliphatic heterocycles. The van der Waals surface area contributed by atoms with Gasteiger partial charge >= 0.3 is 23.1 Å². The van der Waals surface area contributed by atoms with Gasteiger partial charge in [-0.15, -0.1) is 23.7 Å². The first kappa shape index (κ1) is 15.0. The van der Waals surface area contributed by atoms with Crippen LogP contribution in [0.25, 0.3) is 0 Å². The van der Waals surface area contributed by atoms with Crippen molar-refractivity contribution in [2.75, 3.05) is 6.86 Å². The summed E-state index contributed by atoms with van der Waals surface area (Å²) in [6.07, 6.45) is 0. The Bertz CT molecular complexity index is 224. The van der Waals surface area contributed by atoms with E-state index in [1.54, 1.807) is 12.1 Å². The number of alkyl halides is 1. The molecule has 0 atom stereocenters. The van der Waals surface area contributed by atoms with E-state index in [2.05, 4.69) is 10.8 Å². The second-order valence-corrected chi connectivity index (χ2v) is 2.06. The van der Waals surface area contributed by atoms with Crippen LogP contribution in [0.4, 0.5) is 4.39 Å². The zero-order valence-corrected chi connectivity index (χ0v) is 9.94. The smallest absolute Gasteiger partial charge is 1.00 e. The minimum absolute atomic E-state index is 0. The largest absolute Gasteiger partial charge is 2.00 e. The van der Waals surface area contributed by atoms with E-state index in [-0.39, 0.29) is 40.0 Å². The Morgan fingerprint density at radius 2 is 2.25 bits per heavy atom. The van der Waals surface area contributed by atoms with Crippen molar-refractivity contribution in [2.45, 2.75) is 0 Å². The summed E-state index contributed by atoms with van der Waals surface area (Å²) >= 11 is 5.56. The average Bonchev–Trinajstić information content (AvgIpc) is 1.88. The van der Waals surface area contributed by atoms with Gasteiger partial charge in [0.05, 0.1) is 0 Å². The molecule has 0 amide bonds. The van der Waals surface area contributed by atoms with Crippen LogP contribution >= 0.6 is 11.6 Å². The molecular weight excluding hydrogens is 259 g/mol. The molecule has 0 aliphatic rings. The molecule has 0 bridgehead atoms. The van der Waals surface area contributed by atoms with Gasteiger partial charge in [0.1, 0.15) is 0 Å². The number of hydrogen-bond acceptors (Lipinski definition) is 1. The first-order valence-electron chi connectivity index (χ1n) is 2.69.